The third-order valence-electron chi connectivity index (χ3n) is 3.47. The summed E-state index contributed by atoms with van der Waals surface area (Å²) in [7, 11) is 0. The monoisotopic (exact) mass is 284 g/mol. The van der Waals surface area contributed by atoms with Gasteiger partial charge in [0, 0.05) is 16.7 Å². The van der Waals surface area contributed by atoms with Crippen molar-refractivity contribution >= 4 is 11.3 Å². The lowest BCUT2D eigenvalue weighted by Crippen LogP contribution is -2.05. The Morgan fingerprint density at radius 1 is 1.00 bits per heavy atom. The Morgan fingerprint density at radius 2 is 1.73 bits per heavy atom. The SMILES string of the molecule is Cc1ccc2c(c1)C(=C(C#N)C#N)C=C(c1ccccc1)O2. The number of fused-ring (bicyclic) bond motifs is 1. The molecule has 1 aliphatic heterocycles. The van der Waals surface area contributed by atoms with Gasteiger partial charge in [0.05, 0.1) is 0 Å². The fraction of sp³-hybridized carbons (Fsp3) is 0.0526. The van der Waals surface area contributed by atoms with Crippen LogP contribution in [0.1, 0.15) is 16.7 Å². The van der Waals surface area contributed by atoms with Crippen molar-refractivity contribution in [1.82, 2.24) is 0 Å². The van der Waals surface area contributed by atoms with Crippen molar-refractivity contribution in [3.63, 3.8) is 0 Å². The van der Waals surface area contributed by atoms with Crippen LogP contribution >= 0.6 is 0 Å². The van der Waals surface area contributed by atoms with Crippen molar-refractivity contribution in [3.8, 4) is 17.9 Å². The summed E-state index contributed by atoms with van der Waals surface area (Å²) in [6.45, 7) is 1.97. The summed E-state index contributed by atoms with van der Waals surface area (Å²) in [5.41, 5.74) is 3.42. The molecule has 0 aromatic heterocycles. The molecule has 3 nitrogen and oxygen atoms in total. The van der Waals surface area contributed by atoms with E-state index in [1.165, 1.54) is 0 Å². The van der Waals surface area contributed by atoms with Crippen LogP contribution in [-0.4, -0.2) is 0 Å². The van der Waals surface area contributed by atoms with Gasteiger partial charge in [-0.15, -0.1) is 0 Å². The lowest BCUT2D eigenvalue weighted by Gasteiger charge is -2.21. The second-order valence-electron chi connectivity index (χ2n) is 4.99. The van der Waals surface area contributed by atoms with Crippen LogP contribution in [0, 0.1) is 29.6 Å². The molecule has 0 spiro atoms. The zero-order chi connectivity index (χ0) is 15.5. The van der Waals surface area contributed by atoms with Crippen molar-refractivity contribution < 1.29 is 4.74 Å². The average molecular weight is 284 g/mol. The minimum Gasteiger partial charge on any atom is -0.456 e. The molecule has 0 saturated heterocycles. The van der Waals surface area contributed by atoms with E-state index in [0.29, 0.717) is 17.1 Å². The third-order valence-corrected chi connectivity index (χ3v) is 3.47. The first-order valence-corrected chi connectivity index (χ1v) is 6.83. The number of ether oxygens (including phenoxy) is 1. The third kappa shape index (κ3) is 2.37. The molecule has 2 aromatic carbocycles. The van der Waals surface area contributed by atoms with Gasteiger partial charge in [-0.05, 0) is 25.1 Å². The number of allylic oxidation sites excluding steroid dienone is 3. The zero-order valence-corrected chi connectivity index (χ0v) is 12.0. The van der Waals surface area contributed by atoms with Crippen LogP contribution in [-0.2, 0) is 0 Å². The molecule has 0 amide bonds. The van der Waals surface area contributed by atoms with Crippen molar-refractivity contribution in [2.24, 2.45) is 0 Å². The highest BCUT2D eigenvalue weighted by Crippen LogP contribution is 2.38. The van der Waals surface area contributed by atoms with Crippen LogP contribution < -0.4 is 4.74 Å². The number of aryl methyl sites for hydroxylation is 1. The summed E-state index contributed by atoms with van der Waals surface area (Å²) >= 11 is 0. The van der Waals surface area contributed by atoms with Crippen LogP contribution in [0.15, 0.2) is 60.2 Å². The minimum atomic E-state index is 0.0866. The van der Waals surface area contributed by atoms with E-state index in [1.807, 2.05) is 67.6 Å². The van der Waals surface area contributed by atoms with Gasteiger partial charge in [-0.2, -0.15) is 10.5 Å². The highest BCUT2D eigenvalue weighted by Gasteiger charge is 2.21. The zero-order valence-electron chi connectivity index (χ0n) is 12.0. The van der Waals surface area contributed by atoms with Crippen molar-refractivity contribution in [2.75, 3.05) is 0 Å². The van der Waals surface area contributed by atoms with Crippen LogP contribution in [0.2, 0.25) is 0 Å². The summed E-state index contributed by atoms with van der Waals surface area (Å²) < 4.78 is 5.95. The van der Waals surface area contributed by atoms with E-state index in [9.17, 15) is 10.5 Å². The Kier molecular flexibility index (Phi) is 3.48. The molecule has 0 atom stereocenters. The van der Waals surface area contributed by atoms with E-state index >= 15 is 0 Å². The standard InChI is InChI=1S/C19H12N2O/c1-13-7-8-18-17(9-13)16(15(11-20)12-21)10-19(22-18)14-5-3-2-4-6-14/h2-10H,1H3. The Hall–Kier alpha value is -3.30. The number of hydrogen-bond donors (Lipinski definition) is 0. The fourth-order valence-electron chi connectivity index (χ4n) is 2.40. The van der Waals surface area contributed by atoms with Gasteiger partial charge in [0.1, 0.15) is 29.2 Å². The molecule has 0 bridgehead atoms. The summed E-state index contributed by atoms with van der Waals surface area (Å²) in [4.78, 5) is 0. The molecule has 22 heavy (non-hydrogen) atoms. The van der Waals surface area contributed by atoms with E-state index in [0.717, 1.165) is 16.7 Å². The summed E-state index contributed by atoms with van der Waals surface area (Å²) in [5.74, 6) is 1.29. The molecule has 104 valence electrons. The molecule has 1 aliphatic rings. The number of nitrogens with zero attached hydrogens (tertiary/aromatic N) is 2. The Balaban J connectivity index is 2.24. The smallest absolute Gasteiger partial charge is 0.137 e. The molecular weight excluding hydrogens is 272 g/mol. The fourth-order valence-corrected chi connectivity index (χ4v) is 2.40. The maximum Gasteiger partial charge on any atom is 0.137 e. The first kappa shape index (κ1) is 13.7. The average Bonchev–Trinajstić information content (AvgIpc) is 2.57. The van der Waals surface area contributed by atoms with Gasteiger partial charge in [-0.25, -0.2) is 0 Å². The first-order chi connectivity index (χ1) is 10.7. The predicted molar refractivity (Wildman–Crippen MR) is 84.4 cm³/mol. The molecule has 0 radical (unpaired) electrons. The summed E-state index contributed by atoms with van der Waals surface area (Å²) in [6, 6.07) is 19.3. The second-order valence-corrected chi connectivity index (χ2v) is 4.99. The molecule has 0 unspecified atom stereocenters. The van der Waals surface area contributed by atoms with Crippen molar-refractivity contribution in [2.45, 2.75) is 6.92 Å². The number of rotatable bonds is 1. The van der Waals surface area contributed by atoms with E-state index in [4.69, 9.17) is 4.74 Å². The maximum atomic E-state index is 9.23. The van der Waals surface area contributed by atoms with Crippen LogP contribution in [0.5, 0.6) is 5.75 Å². The molecule has 1 heterocycles. The Bertz CT molecular complexity index is 862. The van der Waals surface area contributed by atoms with Crippen molar-refractivity contribution in [1.29, 1.82) is 10.5 Å². The first-order valence-electron chi connectivity index (χ1n) is 6.83. The lowest BCUT2D eigenvalue weighted by atomic mass is 9.94. The highest BCUT2D eigenvalue weighted by atomic mass is 16.5. The molecule has 0 N–H and O–H groups in total. The number of benzene rings is 2. The topological polar surface area (TPSA) is 56.8 Å². The molecule has 0 saturated carbocycles. The lowest BCUT2D eigenvalue weighted by molar-refractivity contribution is 0.509. The highest BCUT2D eigenvalue weighted by molar-refractivity contribution is 5.92. The normalized spacial score (nSPS) is 12.3. The molecular formula is C19H12N2O. The van der Waals surface area contributed by atoms with Gasteiger partial charge in [0.15, 0.2) is 0 Å². The molecule has 2 aromatic rings. The van der Waals surface area contributed by atoms with Crippen molar-refractivity contribution in [3.05, 3.63) is 76.9 Å². The molecule has 0 aliphatic carbocycles. The van der Waals surface area contributed by atoms with Crippen LogP contribution in [0.25, 0.3) is 11.3 Å². The number of nitriles is 2. The molecule has 3 rings (SSSR count). The number of hydrogen-bond acceptors (Lipinski definition) is 3. The van der Waals surface area contributed by atoms with E-state index in [2.05, 4.69) is 0 Å². The van der Waals surface area contributed by atoms with Gasteiger partial charge in [0.2, 0.25) is 0 Å². The summed E-state index contributed by atoms with van der Waals surface area (Å²) in [5, 5.41) is 18.5. The van der Waals surface area contributed by atoms with Gasteiger partial charge in [-0.1, -0.05) is 42.0 Å². The van der Waals surface area contributed by atoms with Crippen LogP contribution in [0.3, 0.4) is 0 Å². The van der Waals surface area contributed by atoms with Gasteiger partial charge in [0.25, 0.3) is 0 Å². The largest absolute Gasteiger partial charge is 0.456 e. The minimum absolute atomic E-state index is 0.0866. The second kappa shape index (κ2) is 5.60. The van der Waals surface area contributed by atoms with E-state index < -0.39 is 0 Å². The van der Waals surface area contributed by atoms with E-state index in [-0.39, 0.29) is 5.57 Å². The predicted octanol–water partition coefficient (Wildman–Crippen LogP) is 4.23. The maximum absolute atomic E-state index is 9.23. The van der Waals surface area contributed by atoms with Gasteiger partial charge >= 0.3 is 0 Å². The summed E-state index contributed by atoms with van der Waals surface area (Å²) in [6.07, 6.45) is 1.76. The van der Waals surface area contributed by atoms with E-state index in [1.54, 1.807) is 6.08 Å². The quantitative estimate of drug-likeness (QED) is 0.736. The van der Waals surface area contributed by atoms with Gasteiger partial charge in [-0.3, -0.25) is 0 Å². The molecule has 0 fully saturated rings. The van der Waals surface area contributed by atoms with Gasteiger partial charge < -0.3 is 4.74 Å². The Morgan fingerprint density at radius 3 is 2.41 bits per heavy atom. The van der Waals surface area contributed by atoms with Crippen LogP contribution in [0.4, 0.5) is 0 Å². The Labute approximate surface area is 129 Å². The molecule has 3 heteroatoms.